The van der Waals surface area contributed by atoms with Gasteiger partial charge < -0.3 is 10.3 Å². The van der Waals surface area contributed by atoms with Crippen LogP contribution < -0.4 is 0 Å². The van der Waals surface area contributed by atoms with E-state index in [-0.39, 0.29) is 0 Å². The van der Waals surface area contributed by atoms with Crippen LogP contribution in [0.25, 0.3) is 0 Å². The van der Waals surface area contributed by atoms with E-state index in [4.69, 9.17) is 5.41 Å². The van der Waals surface area contributed by atoms with Gasteiger partial charge in [0, 0.05) is 19.3 Å². The Labute approximate surface area is 67.7 Å². The summed E-state index contributed by atoms with van der Waals surface area (Å²) in [5.41, 5.74) is 1.02. The average Bonchev–Trinajstić information content (AvgIpc) is 2.06. The Morgan fingerprint density at radius 2 is 2.55 bits per heavy atom. The molecule has 11 heavy (non-hydrogen) atoms. The van der Waals surface area contributed by atoms with Gasteiger partial charge in [0.25, 0.3) is 0 Å². The molecule has 0 atom stereocenters. The molecule has 0 saturated heterocycles. The summed E-state index contributed by atoms with van der Waals surface area (Å²) in [6.45, 7) is 4.15. The Balaban J connectivity index is 2.59. The Kier molecular flexibility index (Phi) is 2.90. The van der Waals surface area contributed by atoms with E-state index in [1.54, 1.807) is 0 Å². The molecule has 0 aromatic carbocycles. The fraction of sp³-hybridized carbons (Fsp3) is 0.444. The zero-order chi connectivity index (χ0) is 8.10. The van der Waals surface area contributed by atoms with Gasteiger partial charge in [0.05, 0.1) is 5.70 Å². The first kappa shape index (κ1) is 8.05. The molecule has 1 heterocycles. The Bertz CT molecular complexity index is 192. The van der Waals surface area contributed by atoms with Gasteiger partial charge in [-0.1, -0.05) is 19.1 Å². The summed E-state index contributed by atoms with van der Waals surface area (Å²) in [6.07, 6.45) is 8.65. The SMILES string of the molecule is CCCN1CC=CC=C1C=N. The quantitative estimate of drug-likeness (QED) is 0.610. The van der Waals surface area contributed by atoms with Crippen LogP contribution in [0.2, 0.25) is 0 Å². The maximum Gasteiger partial charge on any atom is 0.0547 e. The predicted octanol–water partition coefficient (Wildman–Crippen LogP) is 1.80. The summed E-state index contributed by atoms with van der Waals surface area (Å²) in [6, 6.07) is 0. The van der Waals surface area contributed by atoms with Crippen LogP contribution in [0.4, 0.5) is 0 Å². The highest BCUT2D eigenvalue weighted by Crippen LogP contribution is 2.07. The molecule has 0 aromatic heterocycles. The number of nitrogens with one attached hydrogen (secondary N) is 1. The Hall–Kier alpha value is -1.05. The molecule has 1 aliphatic rings. The lowest BCUT2D eigenvalue weighted by Crippen LogP contribution is -2.26. The molecule has 0 saturated carbocycles. The van der Waals surface area contributed by atoms with E-state index in [1.165, 1.54) is 6.21 Å². The van der Waals surface area contributed by atoms with Gasteiger partial charge in [-0.15, -0.1) is 0 Å². The zero-order valence-electron chi connectivity index (χ0n) is 6.88. The minimum atomic E-state index is 0.953. The van der Waals surface area contributed by atoms with E-state index in [2.05, 4.69) is 17.9 Å². The maximum atomic E-state index is 7.14. The topological polar surface area (TPSA) is 27.1 Å². The molecule has 0 radical (unpaired) electrons. The highest BCUT2D eigenvalue weighted by Gasteiger charge is 2.05. The number of hydrogen-bond acceptors (Lipinski definition) is 2. The van der Waals surface area contributed by atoms with E-state index >= 15 is 0 Å². The van der Waals surface area contributed by atoms with Crippen LogP contribution in [-0.2, 0) is 0 Å². The molecule has 0 aliphatic carbocycles. The lowest BCUT2D eigenvalue weighted by molar-refractivity contribution is 0.395. The predicted molar refractivity (Wildman–Crippen MR) is 47.9 cm³/mol. The molecular formula is C9H14N2. The average molecular weight is 150 g/mol. The van der Waals surface area contributed by atoms with Crippen molar-refractivity contribution in [2.45, 2.75) is 13.3 Å². The summed E-state index contributed by atoms with van der Waals surface area (Å²) >= 11 is 0. The first-order chi connectivity index (χ1) is 5.38. The van der Waals surface area contributed by atoms with Gasteiger partial charge in [-0.2, -0.15) is 0 Å². The highest BCUT2D eigenvalue weighted by atomic mass is 15.1. The highest BCUT2D eigenvalue weighted by molar-refractivity contribution is 5.75. The standard InChI is InChI=1S/C9H14N2/c1-2-6-11-7-4-3-5-9(11)8-10/h3-5,8,10H,2,6-7H2,1H3. The molecule has 1 rings (SSSR count). The van der Waals surface area contributed by atoms with Crippen LogP contribution in [0.1, 0.15) is 13.3 Å². The minimum Gasteiger partial charge on any atom is -0.367 e. The molecular weight excluding hydrogens is 136 g/mol. The number of allylic oxidation sites excluding steroid dienone is 3. The molecule has 0 unspecified atom stereocenters. The lowest BCUT2D eigenvalue weighted by Gasteiger charge is -2.24. The van der Waals surface area contributed by atoms with Crippen molar-refractivity contribution in [2.24, 2.45) is 0 Å². The van der Waals surface area contributed by atoms with E-state index in [0.29, 0.717) is 0 Å². The van der Waals surface area contributed by atoms with Crippen LogP contribution in [-0.4, -0.2) is 24.2 Å². The van der Waals surface area contributed by atoms with E-state index in [1.807, 2.05) is 12.2 Å². The Morgan fingerprint density at radius 1 is 1.73 bits per heavy atom. The van der Waals surface area contributed by atoms with Gasteiger partial charge in [0.2, 0.25) is 0 Å². The molecule has 2 nitrogen and oxygen atoms in total. The normalized spacial score (nSPS) is 16.5. The monoisotopic (exact) mass is 150 g/mol. The van der Waals surface area contributed by atoms with Gasteiger partial charge in [-0.25, -0.2) is 0 Å². The van der Waals surface area contributed by atoms with Crippen molar-refractivity contribution in [1.29, 1.82) is 5.41 Å². The van der Waals surface area contributed by atoms with Gasteiger partial charge in [-0.3, -0.25) is 0 Å². The van der Waals surface area contributed by atoms with E-state index in [0.717, 1.165) is 25.2 Å². The van der Waals surface area contributed by atoms with Crippen molar-refractivity contribution in [3.05, 3.63) is 23.9 Å². The lowest BCUT2D eigenvalue weighted by atomic mass is 10.2. The van der Waals surface area contributed by atoms with Crippen LogP contribution in [0.5, 0.6) is 0 Å². The first-order valence-corrected chi connectivity index (χ1v) is 4.00. The molecule has 60 valence electrons. The Morgan fingerprint density at radius 3 is 3.18 bits per heavy atom. The fourth-order valence-corrected chi connectivity index (χ4v) is 1.20. The summed E-state index contributed by atoms with van der Waals surface area (Å²) < 4.78 is 0. The van der Waals surface area contributed by atoms with Crippen molar-refractivity contribution >= 4 is 6.21 Å². The summed E-state index contributed by atoms with van der Waals surface area (Å²) in [5.74, 6) is 0. The fourth-order valence-electron chi connectivity index (χ4n) is 1.20. The van der Waals surface area contributed by atoms with Crippen LogP contribution >= 0.6 is 0 Å². The van der Waals surface area contributed by atoms with Crippen molar-refractivity contribution in [1.82, 2.24) is 4.90 Å². The molecule has 0 fully saturated rings. The number of hydrogen-bond donors (Lipinski definition) is 1. The summed E-state index contributed by atoms with van der Waals surface area (Å²) in [4.78, 5) is 2.20. The summed E-state index contributed by atoms with van der Waals surface area (Å²) in [7, 11) is 0. The van der Waals surface area contributed by atoms with Crippen molar-refractivity contribution in [2.75, 3.05) is 13.1 Å². The molecule has 2 heteroatoms. The third-order valence-electron chi connectivity index (χ3n) is 1.74. The molecule has 1 N–H and O–H groups in total. The number of rotatable bonds is 3. The number of nitrogens with zero attached hydrogens (tertiary/aromatic N) is 1. The molecule has 0 amide bonds. The van der Waals surface area contributed by atoms with Crippen LogP contribution in [0.15, 0.2) is 23.9 Å². The molecule has 0 spiro atoms. The van der Waals surface area contributed by atoms with Crippen molar-refractivity contribution in [3.63, 3.8) is 0 Å². The van der Waals surface area contributed by atoms with Gasteiger partial charge in [-0.05, 0) is 12.5 Å². The molecule has 1 aliphatic heterocycles. The summed E-state index contributed by atoms with van der Waals surface area (Å²) in [5, 5.41) is 7.14. The van der Waals surface area contributed by atoms with E-state index in [9.17, 15) is 0 Å². The van der Waals surface area contributed by atoms with Gasteiger partial charge in [0.1, 0.15) is 0 Å². The second-order valence-electron chi connectivity index (χ2n) is 2.61. The van der Waals surface area contributed by atoms with Gasteiger partial charge in [0.15, 0.2) is 0 Å². The first-order valence-electron chi connectivity index (χ1n) is 4.00. The van der Waals surface area contributed by atoms with Crippen LogP contribution in [0, 0.1) is 5.41 Å². The van der Waals surface area contributed by atoms with E-state index < -0.39 is 0 Å². The van der Waals surface area contributed by atoms with Crippen LogP contribution in [0.3, 0.4) is 0 Å². The zero-order valence-corrected chi connectivity index (χ0v) is 6.88. The van der Waals surface area contributed by atoms with Gasteiger partial charge >= 0.3 is 0 Å². The second kappa shape index (κ2) is 3.96. The third-order valence-corrected chi connectivity index (χ3v) is 1.74. The third kappa shape index (κ3) is 1.93. The molecule has 0 bridgehead atoms. The smallest absolute Gasteiger partial charge is 0.0547 e. The van der Waals surface area contributed by atoms with Crippen molar-refractivity contribution < 1.29 is 0 Å². The second-order valence-corrected chi connectivity index (χ2v) is 2.61. The largest absolute Gasteiger partial charge is 0.367 e. The van der Waals surface area contributed by atoms with Crippen molar-refractivity contribution in [3.8, 4) is 0 Å². The molecule has 0 aromatic rings. The minimum absolute atomic E-state index is 0.953. The maximum absolute atomic E-state index is 7.14.